The van der Waals surface area contributed by atoms with Crippen LogP contribution in [-0.4, -0.2) is 36.7 Å². The highest BCUT2D eigenvalue weighted by Crippen LogP contribution is 2.45. The second-order valence-electron chi connectivity index (χ2n) is 7.68. The smallest absolute Gasteiger partial charge is 0.413 e. The number of hydrogen-bond acceptors (Lipinski definition) is 8. The van der Waals surface area contributed by atoms with Crippen molar-refractivity contribution in [3.63, 3.8) is 0 Å². The Kier molecular flexibility index (Phi) is 6.12. The second kappa shape index (κ2) is 9.03. The maximum absolute atomic E-state index is 13.5. The van der Waals surface area contributed by atoms with Crippen molar-refractivity contribution < 1.29 is 18.7 Å². The zero-order valence-electron chi connectivity index (χ0n) is 18.0. The third kappa shape index (κ3) is 4.65. The molecule has 3 aromatic rings. The van der Waals surface area contributed by atoms with Gasteiger partial charge >= 0.3 is 6.09 Å². The fourth-order valence-corrected chi connectivity index (χ4v) is 3.38. The lowest BCUT2D eigenvalue weighted by atomic mass is 10.1. The standard InChI is InChI=1S/C21H18ClFN8O3/c1-11(14-5-12(23)6-25-16(14)22)34-20(33)30-18-15(9-28-31(18)2)17-26-7-13(8-27-17)29-19(32)21(10-24)3-4-21/h5-9,11H,3-4H2,1-2H3,(H,29,32)(H,30,33)/t11-/m1/s1. The first-order valence-corrected chi connectivity index (χ1v) is 10.5. The van der Waals surface area contributed by atoms with Gasteiger partial charge in [0, 0.05) is 12.6 Å². The molecule has 0 spiro atoms. The molecule has 0 unspecified atom stereocenters. The van der Waals surface area contributed by atoms with Crippen LogP contribution in [0.2, 0.25) is 5.15 Å². The lowest BCUT2D eigenvalue weighted by Gasteiger charge is -2.15. The van der Waals surface area contributed by atoms with Gasteiger partial charge in [0.25, 0.3) is 0 Å². The molecule has 0 aliphatic heterocycles. The molecule has 13 heteroatoms. The normalized spacial score (nSPS) is 14.6. The molecule has 3 heterocycles. The van der Waals surface area contributed by atoms with Crippen LogP contribution in [0.5, 0.6) is 0 Å². The number of carbonyl (C=O) groups excluding carboxylic acids is 2. The third-order valence-electron chi connectivity index (χ3n) is 5.26. The van der Waals surface area contributed by atoms with Gasteiger partial charge in [0.05, 0.1) is 42.1 Å². The van der Waals surface area contributed by atoms with E-state index in [1.54, 1.807) is 7.05 Å². The van der Waals surface area contributed by atoms with E-state index < -0.39 is 23.4 Å². The number of ether oxygens (including phenoxy) is 1. The molecule has 1 atom stereocenters. The van der Waals surface area contributed by atoms with Gasteiger partial charge in [-0.15, -0.1) is 0 Å². The van der Waals surface area contributed by atoms with Crippen molar-refractivity contribution >= 4 is 35.1 Å². The third-order valence-corrected chi connectivity index (χ3v) is 5.58. The van der Waals surface area contributed by atoms with E-state index in [4.69, 9.17) is 21.6 Å². The molecule has 1 aliphatic carbocycles. The van der Waals surface area contributed by atoms with E-state index in [1.165, 1.54) is 30.2 Å². The van der Waals surface area contributed by atoms with Crippen molar-refractivity contribution in [2.45, 2.75) is 25.9 Å². The summed E-state index contributed by atoms with van der Waals surface area (Å²) >= 11 is 5.97. The first kappa shape index (κ1) is 23.1. The van der Waals surface area contributed by atoms with Crippen molar-refractivity contribution in [3.8, 4) is 17.5 Å². The van der Waals surface area contributed by atoms with Gasteiger partial charge in [-0.2, -0.15) is 10.4 Å². The van der Waals surface area contributed by atoms with Crippen LogP contribution in [0.15, 0.2) is 30.9 Å². The SMILES string of the molecule is C[C@@H](OC(=O)Nc1c(-c2ncc(NC(=O)C3(C#N)CC3)cn2)cnn1C)c1cc(F)cnc1Cl. The van der Waals surface area contributed by atoms with Crippen LogP contribution < -0.4 is 10.6 Å². The lowest BCUT2D eigenvalue weighted by Crippen LogP contribution is -2.22. The summed E-state index contributed by atoms with van der Waals surface area (Å²) < 4.78 is 20.2. The number of nitrogens with one attached hydrogen (secondary N) is 2. The Labute approximate surface area is 197 Å². The number of aryl methyl sites for hydroxylation is 1. The minimum absolute atomic E-state index is 0.0193. The summed E-state index contributed by atoms with van der Waals surface area (Å²) in [5.74, 6) is -0.520. The van der Waals surface area contributed by atoms with Crippen LogP contribution in [0, 0.1) is 22.6 Å². The van der Waals surface area contributed by atoms with Gasteiger partial charge in [-0.1, -0.05) is 11.6 Å². The Bertz CT molecular complexity index is 1300. The average molecular weight is 485 g/mol. The highest BCUT2D eigenvalue weighted by atomic mass is 35.5. The number of anilines is 2. The molecule has 1 aliphatic rings. The topological polar surface area (TPSA) is 148 Å². The van der Waals surface area contributed by atoms with E-state index >= 15 is 0 Å². The number of aromatic nitrogens is 5. The number of carbonyl (C=O) groups is 2. The summed E-state index contributed by atoms with van der Waals surface area (Å²) in [5.41, 5.74) is -0.0244. The quantitative estimate of drug-likeness (QED) is 0.504. The molecule has 0 aromatic carbocycles. The van der Waals surface area contributed by atoms with Crippen LogP contribution in [0.25, 0.3) is 11.4 Å². The van der Waals surface area contributed by atoms with Crippen molar-refractivity contribution in [2.24, 2.45) is 12.5 Å². The fraction of sp³-hybridized carbons (Fsp3) is 0.286. The molecule has 1 fully saturated rings. The van der Waals surface area contributed by atoms with Crippen molar-refractivity contribution in [1.29, 1.82) is 5.26 Å². The number of amides is 2. The Hall–Kier alpha value is -4.11. The van der Waals surface area contributed by atoms with E-state index in [9.17, 15) is 14.0 Å². The van der Waals surface area contributed by atoms with Gasteiger partial charge in [-0.25, -0.2) is 24.1 Å². The predicted molar refractivity (Wildman–Crippen MR) is 118 cm³/mol. The minimum Gasteiger partial charge on any atom is -0.441 e. The average Bonchev–Trinajstić information content (AvgIpc) is 3.54. The summed E-state index contributed by atoms with van der Waals surface area (Å²) in [4.78, 5) is 36.8. The summed E-state index contributed by atoms with van der Waals surface area (Å²) in [6.07, 6.45) is 4.53. The molecule has 3 aromatic heterocycles. The summed E-state index contributed by atoms with van der Waals surface area (Å²) in [7, 11) is 1.60. The monoisotopic (exact) mass is 484 g/mol. The first-order valence-electron chi connectivity index (χ1n) is 10.1. The van der Waals surface area contributed by atoms with Crippen molar-refractivity contribution in [2.75, 3.05) is 10.6 Å². The first-order chi connectivity index (χ1) is 16.2. The van der Waals surface area contributed by atoms with Crippen molar-refractivity contribution in [3.05, 3.63) is 47.4 Å². The molecule has 174 valence electrons. The maximum Gasteiger partial charge on any atom is 0.413 e. The molecule has 34 heavy (non-hydrogen) atoms. The molecular weight excluding hydrogens is 467 g/mol. The lowest BCUT2D eigenvalue weighted by molar-refractivity contribution is -0.119. The second-order valence-corrected chi connectivity index (χ2v) is 8.04. The molecule has 0 saturated heterocycles. The fourth-order valence-electron chi connectivity index (χ4n) is 3.12. The van der Waals surface area contributed by atoms with E-state index in [2.05, 4.69) is 30.7 Å². The molecule has 2 amide bonds. The molecular formula is C21H18ClFN8O3. The van der Waals surface area contributed by atoms with E-state index in [-0.39, 0.29) is 28.3 Å². The van der Waals surface area contributed by atoms with Gasteiger partial charge in [-0.3, -0.25) is 14.8 Å². The Balaban J connectivity index is 1.46. The van der Waals surface area contributed by atoms with Crippen LogP contribution in [0.4, 0.5) is 20.7 Å². The van der Waals surface area contributed by atoms with E-state index in [0.29, 0.717) is 24.1 Å². The Morgan fingerprint density at radius 1 is 1.24 bits per heavy atom. The van der Waals surface area contributed by atoms with Gasteiger partial charge in [0.15, 0.2) is 5.82 Å². The number of hydrogen-bond donors (Lipinski definition) is 2. The Morgan fingerprint density at radius 2 is 1.94 bits per heavy atom. The van der Waals surface area contributed by atoms with Gasteiger partial charge in [0.1, 0.15) is 28.3 Å². The molecule has 2 N–H and O–H groups in total. The molecule has 0 radical (unpaired) electrons. The number of rotatable bonds is 6. The molecule has 11 nitrogen and oxygen atoms in total. The summed E-state index contributed by atoms with van der Waals surface area (Å²) in [6.45, 7) is 1.53. The molecule has 1 saturated carbocycles. The van der Waals surface area contributed by atoms with Crippen LogP contribution >= 0.6 is 11.6 Å². The van der Waals surface area contributed by atoms with E-state index in [1.807, 2.05) is 6.07 Å². The molecule has 4 rings (SSSR count). The maximum atomic E-state index is 13.5. The zero-order valence-corrected chi connectivity index (χ0v) is 18.8. The number of nitrogens with zero attached hydrogens (tertiary/aromatic N) is 6. The predicted octanol–water partition coefficient (Wildman–Crippen LogP) is 3.62. The largest absolute Gasteiger partial charge is 0.441 e. The van der Waals surface area contributed by atoms with Crippen molar-refractivity contribution in [1.82, 2.24) is 24.7 Å². The summed E-state index contributed by atoms with van der Waals surface area (Å²) in [5, 5.41) is 18.5. The van der Waals surface area contributed by atoms with Crippen LogP contribution in [0.1, 0.15) is 31.4 Å². The van der Waals surface area contributed by atoms with E-state index in [0.717, 1.165) is 12.3 Å². The number of nitriles is 1. The highest BCUT2D eigenvalue weighted by Gasteiger charge is 2.50. The zero-order chi connectivity index (χ0) is 24.5. The van der Waals surface area contributed by atoms with Gasteiger partial charge in [-0.05, 0) is 25.8 Å². The summed E-state index contributed by atoms with van der Waals surface area (Å²) in [6, 6.07) is 3.16. The Morgan fingerprint density at radius 3 is 2.59 bits per heavy atom. The minimum atomic E-state index is -0.970. The molecule has 0 bridgehead atoms. The highest BCUT2D eigenvalue weighted by molar-refractivity contribution is 6.30. The van der Waals surface area contributed by atoms with Gasteiger partial charge < -0.3 is 10.1 Å². The van der Waals surface area contributed by atoms with Crippen LogP contribution in [-0.2, 0) is 16.6 Å². The number of halogens is 2. The van der Waals surface area contributed by atoms with Crippen LogP contribution in [0.3, 0.4) is 0 Å². The van der Waals surface area contributed by atoms with Gasteiger partial charge in [0.2, 0.25) is 5.91 Å². The number of pyridine rings is 1.